The van der Waals surface area contributed by atoms with E-state index < -0.39 is 5.60 Å². The summed E-state index contributed by atoms with van der Waals surface area (Å²) in [6.45, 7) is 13.7. The van der Waals surface area contributed by atoms with Crippen molar-refractivity contribution in [3.63, 3.8) is 0 Å². The summed E-state index contributed by atoms with van der Waals surface area (Å²) in [6.07, 6.45) is 1.32. The van der Waals surface area contributed by atoms with E-state index in [9.17, 15) is 14.4 Å². The van der Waals surface area contributed by atoms with Crippen LogP contribution in [0, 0.1) is 5.41 Å². The summed E-state index contributed by atoms with van der Waals surface area (Å²) in [6, 6.07) is 8.07. The molecule has 0 spiro atoms. The van der Waals surface area contributed by atoms with Crippen molar-refractivity contribution in [3.05, 3.63) is 40.3 Å². The molecule has 3 heterocycles. The maximum absolute atomic E-state index is 13.1. The second kappa shape index (κ2) is 10.6. The summed E-state index contributed by atoms with van der Waals surface area (Å²) in [5, 5.41) is 4.18. The average molecular weight is 554 g/mol. The minimum atomic E-state index is -0.539. The van der Waals surface area contributed by atoms with Gasteiger partial charge in [-0.25, -0.2) is 4.79 Å². The third-order valence-corrected chi connectivity index (χ3v) is 8.65. The van der Waals surface area contributed by atoms with Gasteiger partial charge in [-0.1, -0.05) is 38.1 Å². The molecule has 2 saturated heterocycles. The van der Waals surface area contributed by atoms with Crippen LogP contribution in [0.3, 0.4) is 0 Å². The van der Waals surface area contributed by atoms with Crippen LogP contribution < -0.4 is 10.2 Å². The Labute approximate surface area is 234 Å². The van der Waals surface area contributed by atoms with E-state index in [1.54, 1.807) is 16.2 Å². The number of ketones is 1. The number of nitrogens with zero attached hydrogens (tertiary/aromatic N) is 2. The monoisotopic (exact) mass is 553 g/mol. The summed E-state index contributed by atoms with van der Waals surface area (Å²) >= 11 is 1.62. The molecular weight excluding hydrogens is 514 g/mol. The number of hydrogen-bond donors (Lipinski definition) is 1. The maximum Gasteiger partial charge on any atom is 0.410 e. The Kier molecular flexibility index (Phi) is 7.50. The standard InChI is InChI=1S/C30H39N3O5S/c1-29(2,3)38-28(36)33-17-21(18-33)31-24(35)14-19-7-6-8-20(13-19)25-22-15-30(4,5)16-23(34)26(22)39-27(25)32-9-11-37-12-10-32/h6-8,13,21H,9-12,14-18H2,1-5H3,(H,31,35). The summed E-state index contributed by atoms with van der Waals surface area (Å²) in [5.74, 6) is 0.154. The van der Waals surface area contributed by atoms with E-state index in [0.29, 0.717) is 32.7 Å². The van der Waals surface area contributed by atoms with Crippen LogP contribution in [0.1, 0.15) is 61.8 Å². The van der Waals surface area contributed by atoms with Crippen molar-refractivity contribution in [1.29, 1.82) is 0 Å². The van der Waals surface area contributed by atoms with Crippen molar-refractivity contribution < 1.29 is 23.9 Å². The van der Waals surface area contributed by atoms with Crippen molar-refractivity contribution in [1.82, 2.24) is 10.2 Å². The van der Waals surface area contributed by atoms with Crippen LogP contribution in [-0.2, 0) is 27.1 Å². The lowest BCUT2D eigenvalue weighted by Gasteiger charge is -2.40. The minimum absolute atomic E-state index is 0.0711. The van der Waals surface area contributed by atoms with Gasteiger partial charge in [-0.2, -0.15) is 0 Å². The van der Waals surface area contributed by atoms with Crippen molar-refractivity contribution in [2.45, 2.75) is 65.5 Å². The summed E-state index contributed by atoms with van der Waals surface area (Å²) in [4.78, 5) is 43.0. The quantitative estimate of drug-likeness (QED) is 0.578. The highest BCUT2D eigenvalue weighted by atomic mass is 32.1. The van der Waals surface area contributed by atoms with Crippen LogP contribution in [0.5, 0.6) is 0 Å². The van der Waals surface area contributed by atoms with Crippen LogP contribution in [0.4, 0.5) is 9.80 Å². The first kappa shape index (κ1) is 27.6. The van der Waals surface area contributed by atoms with Crippen LogP contribution >= 0.6 is 11.3 Å². The largest absolute Gasteiger partial charge is 0.444 e. The van der Waals surface area contributed by atoms with Gasteiger partial charge in [-0.3, -0.25) is 9.59 Å². The van der Waals surface area contributed by atoms with Crippen molar-refractivity contribution in [3.8, 4) is 11.1 Å². The summed E-state index contributed by atoms with van der Waals surface area (Å²) < 4.78 is 11.0. The normalized spacial score (nSPS) is 19.4. The van der Waals surface area contributed by atoms with Gasteiger partial charge < -0.3 is 24.6 Å². The van der Waals surface area contributed by atoms with Crippen molar-refractivity contribution >= 4 is 34.1 Å². The van der Waals surface area contributed by atoms with Crippen LogP contribution in [0.15, 0.2) is 24.3 Å². The van der Waals surface area contributed by atoms with E-state index in [-0.39, 0.29) is 35.7 Å². The number of hydrogen-bond acceptors (Lipinski definition) is 7. The van der Waals surface area contributed by atoms with E-state index in [2.05, 4.69) is 36.2 Å². The lowest BCUT2D eigenvalue weighted by atomic mass is 9.75. The molecule has 0 atom stereocenters. The van der Waals surface area contributed by atoms with Gasteiger partial charge in [0.2, 0.25) is 5.91 Å². The molecule has 39 heavy (non-hydrogen) atoms. The number of morpholine rings is 1. The van der Waals surface area contributed by atoms with Crippen LogP contribution in [0.2, 0.25) is 0 Å². The number of nitrogens with one attached hydrogen (secondary N) is 1. The maximum atomic E-state index is 13.1. The molecule has 0 radical (unpaired) electrons. The van der Waals surface area contributed by atoms with Crippen LogP contribution in [-0.4, -0.2) is 73.7 Å². The van der Waals surface area contributed by atoms with Gasteiger partial charge in [0.1, 0.15) is 5.60 Å². The number of ether oxygens (including phenoxy) is 2. The Hall–Kier alpha value is -2.91. The molecule has 9 heteroatoms. The SMILES string of the molecule is CC1(C)CC(=O)c2sc(N3CCOCC3)c(-c3cccc(CC(=O)NC4CN(C(=O)OC(C)(C)C)C4)c3)c2C1. The first-order valence-electron chi connectivity index (χ1n) is 13.8. The van der Waals surface area contributed by atoms with Crippen molar-refractivity contribution in [2.75, 3.05) is 44.3 Å². The van der Waals surface area contributed by atoms with E-state index in [1.807, 2.05) is 32.9 Å². The fourth-order valence-corrected chi connectivity index (χ4v) is 6.87. The Morgan fingerprint density at radius 2 is 1.87 bits per heavy atom. The lowest BCUT2D eigenvalue weighted by Crippen LogP contribution is -2.61. The van der Waals surface area contributed by atoms with Gasteiger partial charge in [-0.15, -0.1) is 11.3 Å². The molecule has 0 bridgehead atoms. The number of thiophene rings is 1. The molecule has 2 aliphatic heterocycles. The zero-order valence-electron chi connectivity index (χ0n) is 23.6. The van der Waals surface area contributed by atoms with E-state index in [4.69, 9.17) is 9.47 Å². The predicted octanol–water partition coefficient (Wildman–Crippen LogP) is 4.68. The molecule has 0 saturated carbocycles. The number of carbonyl (C=O) groups excluding carboxylic acids is 3. The topological polar surface area (TPSA) is 88.2 Å². The van der Waals surface area contributed by atoms with Gasteiger partial charge in [0.05, 0.1) is 35.6 Å². The number of benzene rings is 1. The number of likely N-dealkylation sites (tertiary alicyclic amines) is 1. The lowest BCUT2D eigenvalue weighted by molar-refractivity contribution is -0.122. The highest BCUT2D eigenvalue weighted by Crippen LogP contribution is 2.49. The fourth-order valence-electron chi connectivity index (χ4n) is 5.53. The Morgan fingerprint density at radius 1 is 1.15 bits per heavy atom. The van der Waals surface area contributed by atoms with Gasteiger partial charge in [-0.05, 0) is 49.3 Å². The Morgan fingerprint density at radius 3 is 2.56 bits per heavy atom. The van der Waals surface area contributed by atoms with E-state index >= 15 is 0 Å². The molecule has 5 rings (SSSR count). The highest BCUT2D eigenvalue weighted by molar-refractivity contribution is 7.19. The zero-order valence-corrected chi connectivity index (χ0v) is 24.4. The smallest absolute Gasteiger partial charge is 0.410 e. The number of Topliss-reactive ketones (excluding diaryl/α,β-unsaturated/α-hetero) is 1. The molecule has 2 fully saturated rings. The number of fused-ring (bicyclic) bond motifs is 1. The molecule has 1 aliphatic carbocycles. The molecule has 210 valence electrons. The minimum Gasteiger partial charge on any atom is -0.444 e. The third-order valence-electron chi connectivity index (χ3n) is 7.31. The molecule has 1 N–H and O–H groups in total. The number of carbonyl (C=O) groups is 3. The zero-order chi connectivity index (χ0) is 27.9. The van der Waals surface area contributed by atoms with Gasteiger partial charge in [0.25, 0.3) is 0 Å². The van der Waals surface area contributed by atoms with Gasteiger partial charge in [0.15, 0.2) is 5.78 Å². The first-order chi connectivity index (χ1) is 18.4. The summed E-state index contributed by atoms with van der Waals surface area (Å²) in [7, 11) is 0. The summed E-state index contributed by atoms with van der Waals surface area (Å²) in [5.41, 5.74) is 3.61. The van der Waals surface area contributed by atoms with Gasteiger partial charge in [0, 0.05) is 38.2 Å². The van der Waals surface area contributed by atoms with Crippen molar-refractivity contribution in [2.24, 2.45) is 5.41 Å². The highest BCUT2D eigenvalue weighted by Gasteiger charge is 2.37. The molecule has 2 aromatic rings. The molecule has 0 unspecified atom stereocenters. The molecule has 8 nitrogen and oxygen atoms in total. The number of anilines is 1. The van der Waals surface area contributed by atoms with E-state index in [0.717, 1.165) is 51.6 Å². The Balaban J connectivity index is 1.32. The molecule has 3 aliphatic rings. The number of rotatable bonds is 5. The molecular formula is C30H39N3O5S. The fraction of sp³-hybridized carbons (Fsp3) is 0.567. The number of amides is 2. The second-order valence-corrected chi connectivity index (χ2v) is 13.7. The average Bonchev–Trinajstić information content (AvgIpc) is 3.19. The first-order valence-corrected chi connectivity index (χ1v) is 14.6. The molecule has 2 amide bonds. The Bertz CT molecular complexity index is 1270. The van der Waals surface area contributed by atoms with Crippen LogP contribution in [0.25, 0.3) is 11.1 Å². The predicted molar refractivity (Wildman–Crippen MR) is 153 cm³/mol. The molecule has 1 aromatic carbocycles. The second-order valence-electron chi connectivity index (χ2n) is 12.7. The van der Waals surface area contributed by atoms with E-state index in [1.165, 1.54) is 0 Å². The third kappa shape index (κ3) is 6.30. The molecule has 1 aromatic heterocycles. The van der Waals surface area contributed by atoms with Gasteiger partial charge >= 0.3 is 6.09 Å².